The standard InChI is InChI=1S/C33H61ClO7Si2/c1-21(2)42(22(3)4,23(5)6)40-31-30(36)29(20-35)39-33(32(31)41-43(24(7)8,25(9)10)26(11)12)38-28-16-14-27(15-17-28)37-19-13-18-34/h14-17,21-26,29-33,35-36H,13,18-20H2,1-12H3/t29?,30-,31?,32?,33+/m0/s1. The van der Waals surface area contributed by atoms with Gasteiger partial charge in [0.15, 0.2) is 0 Å². The second kappa shape index (κ2) is 16.8. The first-order valence-electron chi connectivity index (χ1n) is 16.3. The molecule has 0 saturated carbocycles. The molecular weight excluding hydrogens is 600 g/mol. The third-order valence-corrected chi connectivity index (χ3v) is 22.0. The van der Waals surface area contributed by atoms with E-state index in [0.29, 0.717) is 51.5 Å². The Balaban J connectivity index is 2.66. The van der Waals surface area contributed by atoms with Gasteiger partial charge in [0, 0.05) is 5.88 Å². The molecule has 250 valence electrons. The molecule has 1 aromatic rings. The van der Waals surface area contributed by atoms with E-state index in [-0.39, 0.29) is 6.61 Å². The molecule has 1 aliphatic rings. The fraction of sp³-hybridized carbons (Fsp3) is 0.818. The molecule has 10 heteroatoms. The summed E-state index contributed by atoms with van der Waals surface area (Å²) in [6.45, 7) is 27.0. The fourth-order valence-electron chi connectivity index (χ4n) is 7.68. The van der Waals surface area contributed by atoms with Crippen LogP contribution in [-0.2, 0) is 13.6 Å². The van der Waals surface area contributed by atoms with Gasteiger partial charge in [0.1, 0.15) is 35.9 Å². The molecule has 1 aromatic carbocycles. The van der Waals surface area contributed by atoms with E-state index in [0.717, 1.165) is 12.2 Å². The molecule has 0 spiro atoms. The van der Waals surface area contributed by atoms with Crippen LogP contribution in [0.15, 0.2) is 24.3 Å². The lowest BCUT2D eigenvalue weighted by Gasteiger charge is -2.54. The van der Waals surface area contributed by atoms with Gasteiger partial charge in [0.2, 0.25) is 22.9 Å². The van der Waals surface area contributed by atoms with Crippen LogP contribution in [-0.4, -0.2) is 76.6 Å². The summed E-state index contributed by atoms with van der Waals surface area (Å²) in [5.41, 5.74) is 1.78. The van der Waals surface area contributed by atoms with Gasteiger partial charge in [-0.05, 0) is 63.9 Å². The third-order valence-electron chi connectivity index (χ3n) is 9.52. The average Bonchev–Trinajstić information content (AvgIpc) is 2.92. The van der Waals surface area contributed by atoms with Crippen LogP contribution < -0.4 is 9.47 Å². The number of hydrogen-bond donors (Lipinski definition) is 2. The molecule has 1 heterocycles. The van der Waals surface area contributed by atoms with Gasteiger partial charge >= 0.3 is 0 Å². The molecule has 5 atom stereocenters. The monoisotopic (exact) mass is 660 g/mol. The number of halogens is 1. The molecular formula is C33H61ClO7Si2. The van der Waals surface area contributed by atoms with Crippen LogP contribution in [0.4, 0.5) is 0 Å². The van der Waals surface area contributed by atoms with E-state index in [1.165, 1.54) is 0 Å². The van der Waals surface area contributed by atoms with Gasteiger partial charge in [-0.15, -0.1) is 11.6 Å². The van der Waals surface area contributed by atoms with Crippen LogP contribution in [0.3, 0.4) is 0 Å². The second-order valence-corrected chi connectivity index (χ2v) is 25.2. The van der Waals surface area contributed by atoms with Crippen molar-refractivity contribution < 1.29 is 33.3 Å². The molecule has 2 rings (SSSR count). The fourth-order valence-corrected chi connectivity index (χ4v) is 18.9. The van der Waals surface area contributed by atoms with Crippen molar-refractivity contribution in [3.8, 4) is 11.5 Å². The highest BCUT2D eigenvalue weighted by molar-refractivity contribution is 6.78. The average molecular weight is 661 g/mol. The van der Waals surface area contributed by atoms with E-state index in [4.69, 9.17) is 34.7 Å². The molecule has 0 amide bonds. The van der Waals surface area contributed by atoms with Gasteiger partial charge in [-0.25, -0.2) is 0 Å². The van der Waals surface area contributed by atoms with Crippen LogP contribution in [0.5, 0.6) is 11.5 Å². The number of aliphatic hydroxyl groups is 2. The lowest BCUT2D eigenvalue weighted by Crippen LogP contribution is -2.68. The van der Waals surface area contributed by atoms with E-state index in [1.807, 2.05) is 24.3 Å². The maximum absolute atomic E-state index is 11.8. The van der Waals surface area contributed by atoms with Crippen molar-refractivity contribution in [3.63, 3.8) is 0 Å². The maximum Gasteiger partial charge on any atom is 0.228 e. The number of rotatable bonds is 17. The highest BCUT2D eigenvalue weighted by atomic mass is 35.5. The van der Waals surface area contributed by atoms with Crippen LogP contribution in [0.25, 0.3) is 0 Å². The minimum Gasteiger partial charge on any atom is -0.494 e. The Morgan fingerprint density at radius 3 is 1.53 bits per heavy atom. The minimum absolute atomic E-state index is 0.295. The number of aliphatic hydroxyl groups excluding tert-OH is 2. The first-order chi connectivity index (χ1) is 20.1. The van der Waals surface area contributed by atoms with Crippen molar-refractivity contribution in [2.24, 2.45) is 0 Å². The number of hydrogen-bond acceptors (Lipinski definition) is 7. The van der Waals surface area contributed by atoms with E-state index in [1.54, 1.807) is 0 Å². The summed E-state index contributed by atoms with van der Waals surface area (Å²) in [7, 11) is -4.98. The smallest absolute Gasteiger partial charge is 0.228 e. The highest BCUT2D eigenvalue weighted by Crippen LogP contribution is 2.48. The van der Waals surface area contributed by atoms with E-state index < -0.39 is 47.3 Å². The van der Waals surface area contributed by atoms with Gasteiger partial charge < -0.3 is 33.3 Å². The van der Waals surface area contributed by atoms with Crippen molar-refractivity contribution in [2.45, 2.75) is 153 Å². The largest absolute Gasteiger partial charge is 0.494 e. The van der Waals surface area contributed by atoms with Gasteiger partial charge in [0.05, 0.1) is 13.2 Å². The summed E-state index contributed by atoms with van der Waals surface area (Å²) in [5, 5.41) is 22.2. The molecule has 0 aromatic heterocycles. The van der Waals surface area contributed by atoms with Crippen LogP contribution in [0, 0.1) is 0 Å². The lowest BCUT2D eigenvalue weighted by atomic mass is 9.99. The van der Waals surface area contributed by atoms with E-state index in [9.17, 15) is 10.2 Å². The minimum atomic E-state index is -2.49. The molecule has 0 aliphatic carbocycles. The summed E-state index contributed by atoms with van der Waals surface area (Å²) in [4.78, 5) is 0. The summed E-state index contributed by atoms with van der Waals surface area (Å²) in [6.07, 6.45) is -3.50. The summed E-state index contributed by atoms with van der Waals surface area (Å²) >= 11 is 5.79. The Labute approximate surface area is 269 Å². The summed E-state index contributed by atoms with van der Waals surface area (Å²) in [6, 6.07) is 7.41. The molecule has 7 nitrogen and oxygen atoms in total. The third kappa shape index (κ3) is 8.58. The molecule has 0 bridgehead atoms. The zero-order chi connectivity index (χ0) is 32.7. The first kappa shape index (κ1) is 38.5. The zero-order valence-corrected chi connectivity index (χ0v) is 31.6. The maximum atomic E-state index is 11.8. The van der Waals surface area contributed by atoms with E-state index in [2.05, 4.69) is 83.1 Å². The summed E-state index contributed by atoms with van der Waals surface area (Å²) < 4.78 is 33.4. The second-order valence-electron chi connectivity index (χ2n) is 14.0. The van der Waals surface area contributed by atoms with Gasteiger partial charge in [-0.2, -0.15) is 0 Å². The SMILES string of the molecule is CC(C)[Si](OC1C(O[Si](C(C)C)(C(C)C)C(C)C)[C@@H](O)C(CO)O[C@H]1Oc1ccc(OCCCCl)cc1)(C(C)C)C(C)C. The Morgan fingerprint density at radius 2 is 1.14 bits per heavy atom. The predicted molar refractivity (Wildman–Crippen MR) is 181 cm³/mol. The molecule has 1 fully saturated rings. The Hall–Kier alpha value is -0.656. The number of ether oxygens (including phenoxy) is 3. The zero-order valence-electron chi connectivity index (χ0n) is 28.8. The molecule has 3 unspecified atom stereocenters. The highest BCUT2D eigenvalue weighted by Gasteiger charge is 2.57. The number of alkyl halides is 1. The van der Waals surface area contributed by atoms with Crippen molar-refractivity contribution >= 4 is 28.2 Å². The quantitative estimate of drug-likeness (QED) is 0.0988. The molecule has 1 aliphatic heterocycles. The predicted octanol–water partition coefficient (Wildman–Crippen LogP) is 8.27. The van der Waals surface area contributed by atoms with Crippen LogP contribution in [0.1, 0.15) is 89.5 Å². The summed E-state index contributed by atoms with van der Waals surface area (Å²) in [5.74, 6) is 1.86. The topological polar surface area (TPSA) is 86.6 Å². The molecule has 0 radical (unpaired) electrons. The van der Waals surface area contributed by atoms with Crippen molar-refractivity contribution in [1.29, 1.82) is 0 Å². The van der Waals surface area contributed by atoms with Crippen molar-refractivity contribution in [2.75, 3.05) is 19.1 Å². The van der Waals surface area contributed by atoms with Gasteiger partial charge in [0.25, 0.3) is 0 Å². The van der Waals surface area contributed by atoms with Crippen molar-refractivity contribution in [3.05, 3.63) is 24.3 Å². The number of benzene rings is 1. The normalized spacial score (nSPS) is 23.8. The Kier molecular flexibility index (Phi) is 15.0. The Bertz CT molecular complexity index is 898. The van der Waals surface area contributed by atoms with Gasteiger partial charge in [-0.1, -0.05) is 83.1 Å². The van der Waals surface area contributed by atoms with Crippen LogP contribution in [0.2, 0.25) is 33.2 Å². The lowest BCUT2D eigenvalue weighted by molar-refractivity contribution is -0.271. The molecule has 2 N–H and O–H groups in total. The van der Waals surface area contributed by atoms with Crippen LogP contribution >= 0.6 is 11.6 Å². The van der Waals surface area contributed by atoms with E-state index >= 15 is 0 Å². The van der Waals surface area contributed by atoms with Gasteiger partial charge in [-0.3, -0.25) is 0 Å². The van der Waals surface area contributed by atoms with Crippen molar-refractivity contribution in [1.82, 2.24) is 0 Å². The first-order valence-corrected chi connectivity index (χ1v) is 21.2. The Morgan fingerprint density at radius 1 is 0.721 bits per heavy atom. The molecule has 1 saturated heterocycles. The molecule has 43 heavy (non-hydrogen) atoms.